The molecule has 0 unspecified atom stereocenters. The van der Waals surface area contributed by atoms with E-state index < -0.39 is 12.4 Å². The van der Waals surface area contributed by atoms with Crippen LogP contribution >= 0.6 is 11.6 Å². The molecule has 0 amide bonds. The van der Waals surface area contributed by atoms with Gasteiger partial charge in [-0.15, -0.1) is 5.46 Å². The zero-order chi connectivity index (χ0) is 15.2. The molecule has 108 valence electrons. The van der Waals surface area contributed by atoms with Crippen molar-refractivity contribution in [1.82, 2.24) is 9.97 Å². The first-order chi connectivity index (χ1) is 9.84. The van der Waals surface area contributed by atoms with E-state index >= 15 is 0 Å². The third kappa shape index (κ3) is 3.60. The molecule has 0 fully saturated rings. The largest absolute Gasteiger partial charge is 1.00 e. The van der Waals surface area contributed by atoms with E-state index in [2.05, 4.69) is 9.97 Å². The summed E-state index contributed by atoms with van der Waals surface area (Å²) in [6.07, 6.45) is 0. The third-order valence-electron chi connectivity index (χ3n) is 3.26. The SMILES string of the molecule is Cc1ccc2nc(-c3ccc([B-](F)(F)F)cc3Cl)[nH]c2c1.[K+]. The summed E-state index contributed by atoms with van der Waals surface area (Å²) in [7, 11) is 0. The first-order valence-corrected chi connectivity index (χ1v) is 6.68. The fourth-order valence-electron chi connectivity index (χ4n) is 2.18. The van der Waals surface area contributed by atoms with Crippen molar-refractivity contribution in [2.24, 2.45) is 0 Å². The molecule has 0 saturated heterocycles. The van der Waals surface area contributed by atoms with Crippen molar-refractivity contribution < 1.29 is 64.3 Å². The summed E-state index contributed by atoms with van der Waals surface area (Å²) in [5.41, 5.74) is 2.38. The van der Waals surface area contributed by atoms with Crippen LogP contribution in [-0.4, -0.2) is 16.9 Å². The number of fused-ring (bicyclic) bond motifs is 1. The molecule has 0 aliphatic carbocycles. The topological polar surface area (TPSA) is 28.7 Å². The molecular formula is C14H10BClF3KN2. The zero-order valence-corrected chi connectivity index (χ0v) is 15.9. The second-order valence-corrected chi connectivity index (χ2v) is 5.33. The summed E-state index contributed by atoms with van der Waals surface area (Å²) in [6.45, 7) is -3.10. The van der Waals surface area contributed by atoms with E-state index in [1.165, 1.54) is 6.07 Å². The Labute approximate surface area is 172 Å². The van der Waals surface area contributed by atoms with Crippen molar-refractivity contribution in [2.45, 2.75) is 6.92 Å². The summed E-state index contributed by atoms with van der Waals surface area (Å²) < 4.78 is 38.1. The molecule has 1 heterocycles. The van der Waals surface area contributed by atoms with Crippen LogP contribution in [0.15, 0.2) is 36.4 Å². The quantitative estimate of drug-likeness (QED) is 0.694. The van der Waals surface area contributed by atoms with Crippen LogP contribution in [0.5, 0.6) is 0 Å². The van der Waals surface area contributed by atoms with Gasteiger partial charge >= 0.3 is 58.4 Å². The first kappa shape index (κ1) is 18.0. The summed E-state index contributed by atoms with van der Waals surface area (Å²) in [6, 6.07) is 9.01. The summed E-state index contributed by atoms with van der Waals surface area (Å²) >= 11 is 5.98. The van der Waals surface area contributed by atoms with Crippen molar-refractivity contribution in [3.63, 3.8) is 0 Å². The van der Waals surface area contributed by atoms with E-state index in [1.807, 2.05) is 25.1 Å². The standard InChI is InChI=1S/C14H10BClF3N2.K/c1-8-2-5-12-13(6-8)21-14(20-12)10-4-3-9(7-11(10)16)15(17,18)19;/h2-7H,1H3,(H,20,21);/q-1;+1. The van der Waals surface area contributed by atoms with Gasteiger partial charge in [-0.05, 0) is 24.6 Å². The van der Waals surface area contributed by atoms with Gasteiger partial charge < -0.3 is 17.9 Å². The number of nitrogens with zero attached hydrogens (tertiary/aromatic N) is 1. The fraction of sp³-hybridized carbons (Fsp3) is 0.0714. The third-order valence-corrected chi connectivity index (χ3v) is 3.58. The Bertz CT molecular complexity index is 833. The van der Waals surface area contributed by atoms with E-state index in [-0.39, 0.29) is 56.4 Å². The van der Waals surface area contributed by atoms with E-state index in [0.717, 1.165) is 28.7 Å². The van der Waals surface area contributed by atoms with Crippen molar-refractivity contribution in [1.29, 1.82) is 0 Å². The Kier molecular flexibility index (Phi) is 5.47. The zero-order valence-electron chi connectivity index (χ0n) is 12.0. The van der Waals surface area contributed by atoms with Gasteiger partial charge in [0, 0.05) is 10.6 Å². The number of halogens is 4. The molecule has 0 aliphatic rings. The minimum atomic E-state index is -5.05. The monoisotopic (exact) mass is 348 g/mol. The molecule has 2 aromatic carbocycles. The summed E-state index contributed by atoms with van der Waals surface area (Å²) in [4.78, 5) is 7.44. The molecular weight excluding hydrogens is 339 g/mol. The van der Waals surface area contributed by atoms with Gasteiger partial charge in [0.2, 0.25) is 0 Å². The molecule has 0 atom stereocenters. The number of hydrogen-bond donors (Lipinski definition) is 1. The van der Waals surface area contributed by atoms with Gasteiger partial charge in [0.15, 0.2) is 0 Å². The number of rotatable bonds is 2. The Morgan fingerprint density at radius 3 is 2.45 bits per heavy atom. The molecule has 8 heteroatoms. The van der Waals surface area contributed by atoms with Crippen LogP contribution in [0.1, 0.15) is 5.56 Å². The first-order valence-electron chi connectivity index (χ1n) is 6.31. The number of aromatic amines is 1. The molecule has 0 bridgehead atoms. The van der Waals surface area contributed by atoms with Crippen LogP contribution in [0.3, 0.4) is 0 Å². The molecule has 22 heavy (non-hydrogen) atoms. The van der Waals surface area contributed by atoms with Gasteiger partial charge in [0.1, 0.15) is 5.82 Å². The van der Waals surface area contributed by atoms with E-state index in [4.69, 9.17) is 11.6 Å². The second kappa shape index (κ2) is 6.67. The van der Waals surface area contributed by atoms with E-state index in [9.17, 15) is 12.9 Å². The molecule has 0 spiro atoms. The Hall–Kier alpha value is -0.309. The number of nitrogens with one attached hydrogen (secondary N) is 1. The smallest absolute Gasteiger partial charge is 0.445 e. The average Bonchev–Trinajstić information content (AvgIpc) is 2.80. The molecule has 1 N–H and O–H groups in total. The Morgan fingerprint density at radius 2 is 1.82 bits per heavy atom. The molecule has 0 radical (unpaired) electrons. The van der Waals surface area contributed by atoms with Crippen molar-refractivity contribution in [2.75, 3.05) is 0 Å². The molecule has 1 aromatic heterocycles. The van der Waals surface area contributed by atoms with E-state index in [1.54, 1.807) is 0 Å². The number of benzene rings is 2. The number of aromatic nitrogens is 2. The number of aryl methyl sites for hydroxylation is 1. The van der Waals surface area contributed by atoms with E-state index in [0.29, 0.717) is 11.4 Å². The molecule has 3 rings (SSSR count). The van der Waals surface area contributed by atoms with Crippen LogP contribution in [-0.2, 0) is 0 Å². The van der Waals surface area contributed by atoms with Crippen LogP contribution in [0.25, 0.3) is 22.4 Å². The van der Waals surface area contributed by atoms with Gasteiger partial charge in [-0.2, -0.15) is 0 Å². The predicted octanol–water partition coefficient (Wildman–Crippen LogP) is 1.25. The maximum atomic E-state index is 12.7. The average molecular weight is 349 g/mol. The molecule has 0 saturated carbocycles. The molecule has 2 nitrogen and oxygen atoms in total. The molecule has 3 aromatic rings. The number of hydrogen-bond acceptors (Lipinski definition) is 1. The predicted molar refractivity (Wildman–Crippen MR) is 80.0 cm³/mol. The summed E-state index contributed by atoms with van der Waals surface area (Å²) in [5.74, 6) is 0.460. The van der Waals surface area contributed by atoms with Gasteiger partial charge in [0.25, 0.3) is 0 Å². The maximum Gasteiger partial charge on any atom is 1.00 e. The van der Waals surface area contributed by atoms with Crippen molar-refractivity contribution >= 4 is 35.1 Å². The molecule has 0 aliphatic heterocycles. The van der Waals surface area contributed by atoms with Crippen LogP contribution in [0.2, 0.25) is 5.02 Å². The normalized spacial score (nSPS) is 11.5. The van der Waals surface area contributed by atoms with Gasteiger partial charge in [-0.1, -0.05) is 35.9 Å². The van der Waals surface area contributed by atoms with Crippen LogP contribution < -0.4 is 56.8 Å². The van der Waals surface area contributed by atoms with Crippen molar-refractivity contribution in [3.05, 3.63) is 47.0 Å². The van der Waals surface area contributed by atoms with Crippen LogP contribution in [0, 0.1) is 6.92 Å². The number of imidazole rings is 1. The van der Waals surface area contributed by atoms with Crippen molar-refractivity contribution in [3.8, 4) is 11.4 Å². The number of H-pyrrole nitrogens is 1. The summed E-state index contributed by atoms with van der Waals surface area (Å²) in [5, 5.41) is 0.0301. The fourth-order valence-corrected chi connectivity index (χ4v) is 2.46. The van der Waals surface area contributed by atoms with Crippen LogP contribution in [0.4, 0.5) is 12.9 Å². The van der Waals surface area contributed by atoms with Gasteiger partial charge in [-0.3, -0.25) is 0 Å². The Balaban J connectivity index is 0.00000176. The Morgan fingerprint density at radius 1 is 1.09 bits per heavy atom. The second-order valence-electron chi connectivity index (χ2n) is 4.92. The van der Waals surface area contributed by atoms with Gasteiger partial charge in [0.05, 0.1) is 11.0 Å². The minimum Gasteiger partial charge on any atom is -0.445 e. The maximum absolute atomic E-state index is 12.7. The van der Waals surface area contributed by atoms with Gasteiger partial charge in [-0.25, -0.2) is 4.98 Å². The minimum absolute atomic E-state index is 0.